The van der Waals surface area contributed by atoms with E-state index < -0.39 is 0 Å². The summed E-state index contributed by atoms with van der Waals surface area (Å²) in [5, 5.41) is 4.87. The highest BCUT2D eigenvalue weighted by atomic mass is 32.2. The van der Waals surface area contributed by atoms with Crippen molar-refractivity contribution in [1.82, 2.24) is 4.98 Å². The Morgan fingerprint density at radius 2 is 2.15 bits per heavy atom. The number of hydrogen-bond acceptors (Lipinski definition) is 5. The highest BCUT2D eigenvalue weighted by Gasteiger charge is 2.05. The molecule has 0 spiro atoms. The van der Waals surface area contributed by atoms with Gasteiger partial charge in [-0.15, -0.1) is 11.3 Å². The zero-order valence-corrected chi connectivity index (χ0v) is 13.0. The van der Waals surface area contributed by atoms with Crippen LogP contribution in [0.4, 0.5) is 5.69 Å². The number of hydrogen-bond donors (Lipinski definition) is 1. The van der Waals surface area contributed by atoms with Gasteiger partial charge in [-0.1, -0.05) is 11.8 Å². The number of thioether (sulfide) groups is 1. The predicted octanol–water partition coefficient (Wildman–Crippen LogP) is 3.58. The molecule has 0 atom stereocenters. The molecule has 0 saturated heterocycles. The second-order valence-electron chi connectivity index (χ2n) is 4.13. The van der Waals surface area contributed by atoms with Crippen molar-refractivity contribution >= 4 is 34.7 Å². The van der Waals surface area contributed by atoms with Gasteiger partial charge in [0.15, 0.2) is 0 Å². The van der Waals surface area contributed by atoms with Gasteiger partial charge in [-0.05, 0) is 31.2 Å². The minimum Gasteiger partial charge on any atom is -0.497 e. The topological polar surface area (TPSA) is 51.2 Å². The van der Waals surface area contributed by atoms with Crippen LogP contribution in [0.5, 0.6) is 5.75 Å². The summed E-state index contributed by atoms with van der Waals surface area (Å²) in [6.07, 6.45) is 0.468. The molecule has 0 aliphatic rings. The normalized spacial score (nSPS) is 10.3. The van der Waals surface area contributed by atoms with Gasteiger partial charge in [0.25, 0.3) is 0 Å². The molecule has 4 nitrogen and oxygen atoms in total. The number of carbonyl (C=O) groups excluding carboxylic acids is 1. The van der Waals surface area contributed by atoms with Crippen LogP contribution >= 0.6 is 23.1 Å². The van der Waals surface area contributed by atoms with Crippen LogP contribution in [-0.4, -0.2) is 23.8 Å². The van der Waals surface area contributed by atoms with Crippen LogP contribution in [-0.2, 0) is 4.79 Å². The fourth-order valence-electron chi connectivity index (χ4n) is 1.53. The average molecular weight is 308 g/mol. The van der Waals surface area contributed by atoms with Crippen molar-refractivity contribution in [2.45, 2.75) is 17.7 Å². The van der Waals surface area contributed by atoms with Gasteiger partial charge < -0.3 is 10.1 Å². The molecule has 0 aliphatic heterocycles. The molecular formula is C14H16N2O2S2. The van der Waals surface area contributed by atoms with Crippen molar-refractivity contribution in [2.24, 2.45) is 0 Å². The van der Waals surface area contributed by atoms with Crippen molar-refractivity contribution in [3.8, 4) is 5.75 Å². The number of rotatable bonds is 6. The number of nitrogens with zero attached hydrogens (tertiary/aromatic N) is 1. The first-order valence-corrected chi connectivity index (χ1v) is 8.03. The summed E-state index contributed by atoms with van der Waals surface area (Å²) in [5.41, 5.74) is 1.81. The van der Waals surface area contributed by atoms with Crippen LogP contribution < -0.4 is 10.1 Å². The monoisotopic (exact) mass is 308 g/mol. The largest absolute Gasteiger partial charge is 0.497 e. The van der Waals surface area contributed by atoms with E-state index in [0.717, 1.165) is 27.2 Å². The lowest BCUT2D eigenvalue weighted by Gasteiger charge is -2.05. The van der Waals surface area contributed by atoms with Crippen molar-refractivity contribution in [3.63, 3.8) is 0 Å². The summed E-state index contributed by atoms with van der Waals surface area (Å²) in [7, 11) is 1.62. The second kappa shape index (κ2) is 7.31. The van der Waals surface area contributed by atoms with Gasteiger partial charge in [-0.3, -0.25) is 4.79 Å². The Morgan fingerprint density at radius 3 is 2.75 bits per heavy atom. The third kappa shape index (κ3) is 4.54. The van der Waals surface area contributed by atoms with Crippen LogP contribution in [0.2, 0.25) is 0 Å². The number of amides is 1. The number of ether oxygens (including phenoxy) is 1. The molecule has 0 unspecified atom stereocenters. The van der Waals surface area contributed by atoms with Crippen LogP contribution in [0.3, 0.4) is 0 Å². The zero-order valence-electron chi connectivity index (χ0n) is 11.4. The number of benzene rings is 1. The van der Waals surface area contributed by atoms with Gasteiger partial charge >= 0.3 is 0 Å². The molecule has 2 rings (SSSR count). The first-order chi connectivity index (χ1) is 9.67. The SMILES string of the molecule is COc1ccc(NC(=O)CCSc2nc(C)cs2)cc1. The van der Waals surface area contributed by atoms with Crippen molar-refractivity contribution in [1.29, 1.82) is 0 Å². The minimum atomic E-state index is 0.0101. The van der Waals surface area contributed by atoms with E-state index in [9.17, 15) is 4.79 Å². The Morgan fingerprint density at radius 1 is 1.40 bits per heavy atom. The van der Waals surface area contributed by atoms with Gasteiger partial charge in [0.2, 0.25) is 5.91 Å². The quantitative estimate of drug-likeness (QED) is 0.829. The number of nitrogens with one attached hydrogen (secondary N) is 1. The smallest absolute Gasteiger partial charge is 0.225 e. The van der Waals surface area contributed by atoms with E-state index in [4.69, 9.17) is 4.74 Å². The fourth-order valence-corrected chi connectivity index (χ4v) is 3.39. The Bertz CT molecular complexity index is 567. The molecule has 0 aliphatic carbocycles. The predicted molar refractivity (Wildman–Crippen MR) is 83.8 cm³/mol. The maximum Gasteiger partial charge on any atom is 0.225 e. The first-order valence-electron chi connectivity index (χ1n) is 6.16. The zero-order chi connectivity index (χ0) is 14.4. The maximum absolute atomic E-state index is 11.8. The van der Waals surface area contributed by atoms with Crippen LogP contribution in [0.15, 0.2) is 34.0 Å². The summed E-state index contributed by atoms with van der Waals surface area (Å²) in [4.78, 5) is 16.1. The van der Waals surface area contributed by atoms with E-state index in [0.29, 0.717) is 6.42 Å². The molecule has 1 aromatic heterocycles. The lowest BCUT2D eigenvalue weighted by Crippen LogP contribution is -2.12. The third-order valence-electron chi connectivity index (χ3n) is 2.53. The Hall–Kier alpha value is -1.53. The molecule has 1 heterocycles. The lowest BCUT2D eigenvalue weighted by molar-refractivity contribution is -0.115. The standard InChI is InChI=1S/C14H16N2O2S2/c1-10-9-20-14(15-10)19-8-7-13(17)16-11-3-5-12(18-2)6-4-11/h3-6,9H,7-8H2,1-2H3,(H,16,17). The van der Waals surface area contributed by atoms with E-state index >= 15 is 0 Å². The summed E-state index contributed by atoms with van der Waals surface area (Å²) in [5.74, 6) is 1.52. The molecule has 0 saturated carbocycles. The Labute approximate surface area is 126 Å². The van der Waals surface area contributed by atoms with E-state index in [2.05, 4.69) is 10.3 Å². The summed E-state index contributed by atoms with van der Waals surface area (Å²) in [6, 6.07) is 7.30. The van der Waals surface area contributed by atoms with Gasteiger partial charge in [-0.2, -0.15) is 0 Å². The second-order valence-corrected chi connectivity index (χ2v) is 6.33. The number of carbonyl (C=O) groups is 1. The lowest BCUT2D eigenvalue weighted by atomic mass is 10.3. The van der Waals surface area contributed by atoms with Crippen molar-refractivity contribution < 1.29 is 9.53 Å². The number of thiazole rings is 1. The molecular weight excluding hydrogens is 292 g/mol. The molecule has 0 fully saturated rings. The molecule has 1 aromatic carbocycles. The third-order valence-corrected chi connectivity index (χ3v) is 4.67. The van der Waals surface area contributed by atoms with Crippen LogP contribution in [0, 0.1) is 6.92 Å². The molecule has 1 amide bonds. The molecule has 1 N–H and O–H groups in total. The van der Waals surface area contributed by atoms with Crippen molar-refractivity contribution in [2.75, 3.05) is 18.2 Å². The van der Waals surface area contributed by atoms with E-state index in [-0.39, 0.29) is 5.91 Å². The average Bonchev–Trinajstić information content (AvgIpc) is 2.85. The van der Waals surface area contributed by atoms with Gasteiger partial charge in [0.1, 0.15) is 10.1 Å². The van der Waals surface area contributed by atoms with Gasteiger partial charge in [-0.25, -0.2) is 4.98 Å². The van der Waals surface area contributed by atoms with E-state index in [1.165, 1.54) is 0 Å². The first kappa shape index (κ1) is 14.9. The molecule has 0 bridgehead atoms. The number of anilines is 1. The van der Waals surface area contributed by atoms with Crippen molar-refractivity contribution in [3.05, 3.63) is 35.3 Å². The molecule has 0 radical (unpaired) electrons. The molecule has 6 heteroatoms. The fraction of sp³-hybridized carbons (Fsp3) is 0.286. The Kier molecular flexibility index (Phi) is 5.43. The molecule has 20 heavy (non-hydrogen) atoms. The van der Waals surface area contributed by atoms with Gasteiger partial charge in [0, 0.05) is 28.9 Å². The highest BCUT2D eigenvalue weighted by molar-refractivity contribution is 8.01. The van der Waals surface area contributed by atoms with E-state index in [1.807, 2.05) is 36.6 Å². The maximum atomic E-state index is 11.8. The summed E-state index contributed by atoms with van der Waals surface area (Å²) >= 11 is 3.23. The Balaban J connectivity index is 1.74. The number of aryl methyl sites for hydroxylation is 1. The molecule has 2 aromatic rings. The minimum absolute atomic E-state index is 0.0101. The number of aromatic nitrogens is 1. The van der Waals surface area contributed by atoms with Crippen LogP contribution in [0.1, 0.15) is 12.1 Å². The summed E-state index contributed by atoms with van der Waals surface area (Å²) < 4.78 is 6.08. The molecule has 106 valence electrons. The van der Waals surface area contributed by atoms with Gasteiger partial charge in [0.05, 0.1) is 7.11 Å². The van der Waals surface area contributed by atoms with Crippen LogP contribution in [0.25, 0.3) is 0 Å². The highest BCUT2D eigenvalue weighted by Crippen LogP contribution is 2.23. The van der Waals surface area contributed by atoms with E-state index in [1.54, 1.807) is 30.2 Å². The summed E-state index contributed by atoms with van der Waals surface area (Å²) in [6.45, 7) is 1.97. The number of methoxy groups -OCH3 is 1.